The van der Waals surface area contributed by atoms with Gasteiger partial charge in [-0.1, -0.05) is 105 Å². The van der Waals surface area contributed by atoms with Gasteiger partial charge in [0, 0.05) is 23.8 Å². The van der Waals surface area contributed by atoms with Crippen LogP contribution in [0.2, 0.25) is 0 Å². The lowest BCUT2D eigenvalue weighted by atomic mass is 9.90. The van der Waals surface area contributed by atoms with Gasteiger partial charge in [-0.05, 0) is 42.3 Å². The number of hydrogen-bond acceptors (Lipinski definition) is 10. The number of esters is 2. The number of unbranched alkanes of at least 4 members (excludes halogenated alkanes) is 2. The molecular weight excluding hydrogens is 616 g/mol. The smallest absolute Gasteiger partial charge is 0.309 e. The van der Waals surface area contributed by atoms with Gasteiger partial charge in [-0.3, -0.25) is 19.2 Å². The molecule has 264 valence electrons. The highest BCUT2D eigenvalue weighted by Gasteiger charge is 2.31. The Morgan fingerprint density at radius 2 is 1.17 bits per heavy atom. The van der Waals surface area contributed by atoms with E-state index in [1.807, 2.05) is 74.5 Å². The Bertz CT molecular complexity index is 1290. The number of hydrogen-bond donors (Lipinski definition) is 3. The Labute approximate surface area is 283 Å². The number of carbonyl (C=O) groups excluding carboxylic acids is 4. The zero-order valence-electron chi connectivity index (χ0n) is 28.6. The van der Waals surface area contributed by atoms with Gasteiger partial charge in [0.15, 0.2) is 11.6 Å². The van der Waals surface area contributed by atoms with Crippen LogP contribution in [0.1, 0.15) is 76.3 Å². The molecule has 12 nitrogen and oxygen atoms in total. The van der Waals surface area contributed by atoms with E-state index in [1.165, 1.54) is 14.2 Å². The number of ether oxygens (including phenoxy) is 2. The van der Waals surface area contributed by atoms with E-state index in [-0.39, 0.29) is 12.8 Å². The molecule has 0 amide bonds. The van der Waals surface area contributed by atoms with E-state index in [1.54, 1.807) is 0 Å². The summed E-state index contributed by atoms with van der Waals surface area (Å²) >= 11 is 0. The molecule has 0 unspecified atom stereocenters. The van der Waals surface area contributed by atoms with Gasteiger partial charge >= 0.3 is 11.9 Å². The number of nitrogens with zero attached hydrogens (tertiary/aromatic N) is 3. The molecule has 0 radical (unpaired) electrons. The highest BCUT2D eigenvalue weighted by Crippen LogP contribution is 2.20. The second-order valence-electron chi connectivity index (χ2n) is 11.8. The van der Waals surface area contributed by atoms with Gasteiger partial charge in [-0.25, -0.2) is 0 Å². The number of methoxy groups -OCH3 is 2. The van der Waals surface area contributed by atoms with Crippen molar-refractivity contribution in [3.8, 4) is 0 Å². The number of rotatable bonds is 21. The molecule has 0 saturated carbocycles. The number of benzene rings is 2. The largest absolute Gasteiger partial charge is 0.469 e. The van der Waals surface area contributed by atoms with Gasteiger partial charge in [-0.2, -0.15) is 0 Å². The van der Waals surface area contributed by atoms with Crippen LogP contribution in [0.5, 0.6) is 0 Å². The zero-order valence-corrected chi connectivity index (χ0v) is 28.6. The number of aliphatic hydroxyl groups excluding tert-OH is 2. The Morgan fingerprint density at radius 1 is 0.750 bits per heavy atom. The summed E-state index contributed by atoms with van der Waals surface area (Å²) < 4.78 is 9.57. The number of aliphatic hydroxyl groups is 2. The molecule has 2 aromatic rings. The summed E-state index contributed by atoms with van der Waals surface area (Å²) in [5, 5.41) is 23.8. The number of nitrogens with two attached hydrogens (primary N) is 1. The first-order valence-corrected chi connectivity index (χ1v) is 16.5. The fourth-order valence-electron chi connectivity index (χ4n) is 5.14. The standard InChI is InChI=1S/C18H25N3O4.C18H27NO4/c1-3-4-10-15(20-21-19)17(23)16(22)12-14(18(24)25-2)11-13-8-6-5-7-9-13;1-3-4-10-15(19)17(21)16(20)12-14(18(22)23-2)11-13-8-6-5-7-9-13/h5-9,14-15,17,23H,3-4,10-12H2,1-2H3;5-9,14-15,17,21H,3-4,10-12,19H2,1-2H3/t2*14-,15+,17+/m11/s1. The predicted molar refractivity (Wildman–Crippen MR) is 183 cm³/mol. The van der Waals surface area contributed by atoms with E-state index in [2.05, 4.69) is 10.0 Å². The molecule has 12 heteroatoms. The molecule has 0 bridgehead atoms. The van der Waals surface area contributed by atoms with Crippen LogP contribution in [-0.4, -0.2) is 72.2 Å². The molecule has 0 aliphatic heterocycles. The second-order valence-corrected chi connectivity index (χ2v) is 11.8. The molecule has 0 aromatic heterocycles. The Hall–Kier alpha value is -4.09. The van der Waals surface area contributed by atoms with Crippen LogP contribution in [0.25, 0.3) is 10.4 Å². The monoisotopic (exact) mass is 668 g/mol. The van der Waals surface area contributed by atoms with Gasteiger partial charge in [0.05, 0.1) is 32.1 Å². The maximum Gasteiger partial charge on any atom is 0.309 e. The van der Waals surface area contributed by atoms with E-state index in [0.29, 0.717) is 25.7 Å². The molecule has 0 fully saturated rings. The van der Waals surface area contributed by atoms with E-state index in [4.69, 9.17) is 20.7 Å². The Balaban J connectivity index is 0.000000482. The van der Waals surface area contributed by atoms with Gasteiger partial charge < -0.3 is 25.4 Å². The molecule has 6 atom stereocenters. The summed E-state index contributed by atoms with van der Waals surface area (Å²) in [5.74, 6) is -3.16. The van der Waals surface area contributed by atoms with E-state index in [0.717, 1.165) is 36.8 Å². The summed E-state index contributed by atoms with van der Waals surface area (Å²) in [5.41, 5.74) is 16.3. The fraction of sp³-hybridized carbons (Fsp3) is 0.556. The molecule has 0 aliphatic rings. The lowest BCUT2D eigenvalue weighted by Crippen LogP contribution is -2.41. The summed E-state index contributed by atoms with van der Waals surface area (Å²) in [7, 11) is 2.57. The van der Waals surface area contributed by atoms with Crippen molar-refractivity contribution >= 4 is 23.5 Å². The molecule has 0 aliphatic carbocycles. The number of Topliss-reactive ketones (excluding diaryl/α,β-unsaturated/α-hetero) is 2. The number of carbonyl (C=O) groups is 4. The summed E-state index contributed by atoms with van der Waals surface area (Å²) in [6.45, 7) is 3.99. The molecule has 0 heterocycles. The molecule has 0 spiro atoms. The van der Waals surface area contributed by atoms with Crippen molar-refractivity contribution in [3.05, 3.63) is 82.2 Å². The highest BCUT2D eigenvalue weighted by molar-refractivity contribution is 5.88. The van der Waals surface area contributed by atoms with Crippen molar-refractivity contribution in [1.82, 2.24) is 0 Å². The first-order chi connectivity index (χ1) is 23.0. The predicted octanol–water partition coefficient (Wildman–Crippen LogP) is 5.06. The summed E-state index contributed by atoms with van der Waals surface area (Å²) in [6.07, 6.45) is 2.28. The van der Waals surface area contributed by atoms with Gasteiger partial charge in [0.25, 0.3) is 0 Å². The van der Waals surface area contributed by atoms with Crippen LogP contribution >= 0.6 is 0 Å². The molecular formula is C36H52N4O8. The molecule has 4 N–H and O–H groups in total. The van der Waals surface area contributed by atoms with Crippen molar-refractivity contribution in [3.63, 3.8) is 0 Å². The van der Waals surface area contributed by atoms with Crippen LogP contribution in [0.3, 0.4) is 0 Å². The SMILES string of the molecule is CCCC[C@H](N)[C@H](O)C(=O)C[C@@H](Cc1ccccc1)C(=O)OC.CCCC[C@H](N=[N+]=[N-])[C@H](O)C(=O)C[C@@H](Cc1ccccc1)C(=O)OC. The van der Waals surface area contributed by atoms with E-state index >= 15 is 0 Å². The van der Waals surface area contributed by atoms with Crippen molar-refractivity contribution in [2.75, 3.05) is 14.2 Å². The lowest BCUT2D eigenvalue weighted by molar-refractivity contribution is -0.148. The summed E-state index contributed by atoms with van der Waals surface area (Å²) in [6, 6.07) is 17.3. The minimum absolute atomic E-state index is 0.0669. The van der Waals surface area contributed by atoms with Crippen molar-refractivity contribution in [2.24, 2.45) is 22.7 Å². The van der Waals surface area contributed by atoms with Crippen molar-refractivity contribution in [2.45, 2.75) is 102 Å². The van der Waals surface area contributed by atoms with Crippen LogP contribution in [-0.2, 0) is 41.5 Å². The quantitative estimate of drug-likeness (QED) is 0.0703. The summed E-state index contributed by atoms with van der Waals surface area (Å²) in [4.78, 5) is 51.3. The number of ketones is 2. The van der Waals surface area contributed by atoms with E-state index in [9.17, 15) is 29.4 Å². The first kappa shape index (κ1) is 41.9. The molecule has 0 saturated heterocycles. The maximum absolute atomic E-state index is 12.4. The molecule has 2 rings (SSSR count). The third-order valence-electron chi connectivity index (χ3n) is 7.99. The average Bonchev–Trinajstić information content (AvgIpc) is 3.11. The maximum atomic E-state index is 12.4. The minimum Gasteiger partial charge on any atom is -0.469 e. The van der Waals surface area contributed by atoms with Gasteiger partial charge in [0.2, 0.25) is 0 Å². The van der Waals surface area contributed by atoms with Crippen LogP contribution < -0.4 is 5.73 Å². The van der Waals surface area contributed by atoms with E-state index < -0.39 is 59.6 Å². The zero-order chi connectivity index (χ0) is 35.9. The fourth-order valence-corrected chi connectivity index (χ4v) is 5.14. The van der Waals surface area contributed by atoms with Crippen molar-refractivity contribution in [1.29, 1.82) is 0 Å². The lowest BCUT2D eigenvalue weighted by Gasteiger charge is -2.20. The molecule has 48 heavy (non-hydrogen) atoms. The second kappa shape index (κ2) is 24.1. The van der Waals surface area contributed by atoms with Crippen LogP contribution in [0, 0.1) is 11.8 Å². The first-order valence-electron chi connectivity index (χ1n) is 16.5. The van der Waals surface area contributed by atoms with Crippen LogP contribution in [0.15, 0.2) is 65.8 Å². The van der Waals surface area contributed by atoms with Gasteiger partial charge in [0.1, 0.15) is 12.2 Å². The minimum atomic E-state index is -1.41. The Kier molecular flexibility index (Phi) is 21.1. The third kappa shape index (κ3) is 15.7. The van der Waals surface area contributed by atoms with Crippen LogP contribution in [0.4, 0.5) is 0 Å². The van der Waals surface area contributed by atoms with Crippen molar-refractivity contribution < 1.29 is 38.9 Å². The molecule has 2 aromatic carbocycles. The Morgan fingerprint density at radius 3 is 1.56 bits per heavy atom. The average molecular weight is 669 g/mol. The normalized spacial score (nSPS) is 14.4. The third-order valence-corrected chi connectivity index (χ3v) is 7.99. The highest BCUT2D eigenvalue weighted by atomic mass is 16.5. The topological polar surface area (TPSA) is 202 Å². The number of azide groups is 1. The van der Waals surface area contributed by atoms with Gasteiger partial charge in [-0.15, -0.1) is 0 Å².